The number of carbonyl (C=O) groups excluding carboxylic acids is 1. The first-order valence-corrected chi connectivity index (χ1v) is 8.36. The Labute approximate surface area is 160 Å². The summed E-state index contributed by atoms with van der Waals surface area (Å²) in [5.41, 5.74) is -0.744. The van der Waals surface area contributed by atoms with Crippen molar-refractivity contribution in [3.63, 3.8) is 0 Å². The van der Waals surface area contributed by atoms with Gasteiger partial charge in [-0.2, -0.15) is 13.2 Å². The lowest BCUT2D eigenvalue weighted by Gasteiger charge is -2.18. The van der Waals surface area contributed by atoms with Crippen molar-refractivity contribution in [3.8, 4) is 11.6 Å². The highest BCUT2D eigenvalue weighted by Gasteiger charge is 2.33. The Bertz CT molecular complexity index is 867. The van der Waals surface area contributed by atoms with E-state index in [-0.39, 0.29) is 24.5 Å². The maximum absolute atomic E-state index is 12.7. The Morgan fingerprint density at radius 2 is 1.76 bits per heavy atom. The van der Waals surface area contributed by atoms with Gasteiger partial charge in [0.1, 0.15) is 11.9 Å². The number of carbonyl (C=O) groups is 1. The van der Waals surface area contributed by atoms with Crippen molar-refractivity contribution in [1.29, 1.82) is 0 Å². The van der Waals surface area contributed by atoms with Crippen molar-refractivity contribution in [2.75, 3.05) is 13.1 Å². The molecule has 3 rings (SSSR count). The van der Waals surface area contributed by atoms with Crippen LogP contribution < -0.4 is 9.47 Å². The maximum Gasteiger partial charge on any atom is 0.573 e. The minimum absolute atomic E-state index is 0.109. The third kappa shape index (κ3) is 5.52. The molecule has 0 bridgehead atoms. The van der Waals surface area contributed by atoms with Gasteiger partial charge in [-0.15, -0.1) is 13.2 Å². The zero-order chi connectivity index (χ0) is 21.2. The van der Waals surface area contributed by atoms with E-state index in [1.54, 1.807) is 0 Å². The van der Waals surface area contributed by atoms with Gasteiger partial charge in [-0.05, 0) is 30.3 Å². The first kappa shape index (κ1) is 20.7. The fourth-order valence-electron chi connectivity index (χ4n) is 2.81. The van der Waals surface area contributed by atoms with E-state index in [1.165, 1.54) is 17.0 Å². The average molecular weight is 420 g/mol. The number of nitrogens with zero attached hydrogens (tertiary/aromatic N) is 2. The van der Waals surface area contributed by atoms with Gasteiger partial charge in [-0.3, -0.25) is 4.79 Å². The van der Waals surface area contributed by atoms with Crippen molar-refractivity contribution in [2.24, 2.45) is 0 Å². The molecule has 2 heterocycles. The van der Waals surface area contributed by atoms with Crippen LogP contribution in [0.25, 0.3) is 0 Å². The van der Waals surface area contributed by atoms with E-state index in [2.05, 4.69) is 9.72 Å². The molecule has 11 heteroatoms. The number of benzene rings is 1. The highest BCUT2D eigenvalue weighted by Crippen LogP contribution is 2.31. The Hall–Kier alpha value is -2.98. The van der Waals surface area contributed by atoms with Gasteiger partial charge in [0.2, 0.25) is 5.88 Å². The summed E-state index contributed by atoms with van der Waals surface area (Å²) in [5.74, 6) is -1.09. The van der Waals surface area contributed by atoms with Gasteiger partial charge in [0.05, 0.1) is 12.1 Å². The molecule has 156 valence electrons. The molecule has 0 spiro atoms. The number of ether oxygens (including phenoxy) is 2. The monoisotopic (exact) mass is 420 g/mol. The van der Waals surface area contributed by atoms with Crippen LogP contribution in [0.4, 0.5) is 26.3 Å². The summed E-state index contributed by atoms with van der Waals surface area (Å²) in [4.78, 5) is 17.6. The zero-order valence-corrected chi connectivity index (χ0v) is 14.6. The molecule has 1 fully saturated rings. The van der Waals surface area contributed by atoms with Crippen LogP contribution in [0.2, 0.25) is 0 Å². The SMILES string of the molecule is O=C(c1ccc(OC(F)(F)F)cc1)N1CC[C@H](Oc2cc(C(F)(F)F)ccn2)C1. The predicted molar refractivity (Wildman–Crippen MR) is 87.3 cm³/mol. The molecule has 1 aromatic carbocycles. The number of rotatable bonds is 4. The summed E-state index contributed by atoms with van der Waals surface area (Å²) < 4.78 is 84.0. The zero-order valence-electron chi connectivity index (χ0n) is 14.6. The number of pyridine rings is 1. The molecule has 1 aliphatic rings. The predicted octanol–water partition coefficient (Wildman–Crippen LogP) is 4.29. The Morgan fingerprint density at radius 1 is 1.07 bits per heavy atom. The Kier molecular flexibility index (Phi) is 5.58. The molecule has 1 atom stereocenters. The number of likely N-dealkylation sites (tertiary alicyclic amines) is 1. The molecule has 0 N–H and O–H groups in total. The van der Waals surface area contributed by atoms with E-state index < -0.39 is 35.9 Å². The second kappa shape index (κ2) is 7.80. The van der Waals surface area contributed by atoms with E-state index in [0.717, 1.165) is 30.5 Å². The van der Waals surface area contributed by atoms with Crippen molar-refractivity contribution in [1.82, 2.24) is 9.88 Å². The molecule has 1 aliphatic heterocycles. The summed E-state index contributed by atoms with van der Waals surface area (Å²) in [6.07, 6.45) is -8.55. The van der Waals surface area contributed by atoms with Gasteiger partial charge in [-0.1, -0.05) is 0 Å². The van der Waals surface area contributed by atoms with E-state index in [1.807, 2.05) is 0 Å². The van der Waals surface area contributed by atoms with Crippen molar-refractivity contribution < 1.29 is 40.6 Å². The van der Waals surface area contributed by atoms with Crippen LogP contribution >= 0.6 is 0 Å². The normalized spacial score (nSPS) is 17.3. The van der Waals surface area contributed by atoms with Gasteiger partial charge in [-0.25, -0.2) is 4.98 Å². The van der Waals surface area contributed by atoms with Crippen LogP contribution in [0, 0.1) is 0 Å². The number of halogens is 6. The van der Waals surface area contributed by atoms with Crippen LogP contribution in [-0.2, 0) is 6.18 Å². The third-order valence-electron chi connectivity index (χ3n) is 4.12. The number of hydrogen-bond donors (Lipinski definition) is 0. The van der Waals surface area contributed by atoms with Crippen LogP contribution in [0.3, 0.4) is 0 Å². The van der Waals surface area contributed by atoms with E-state index in [0.29, 0.717) is 6.42 Å². The van der Waals surface area contributed by atoms with E-state index in [4.69, 9.17) is 4.74 Å². The topological polar surface area (TPSA) is 51.7 Å². The second-order valence-electron chi connectivity index (χ2n) is 6.23. The van der Waals surface area contributed by atoms with E-state index in [9.17, 15) is 31.1 Å². The molecular weight excluding hydrogens is 406 g/mol. The number of alkyl halides is 6. The van der Waals surface area contributed by atoms with Crippen LogP contribution in [-0.4, -0.2) is 41.3 Å². The van der Waals surface area contributed by atoms with Gasteiger partial charge in [0.25, 0.3) is 5.91 Å². The fourth-order valence-corrected chi connectivity index (χ4v) is 2.81. The first-order valence-electron chi connectivity index (χ1n) is 8.36. The van der Waals surface area contributed by atoms with Gasteiger partial charge in [0, 0.05) is 30.8 Å². The summed E-state index contributed by atoms with van der Waals surface area (Å²) in [6.45, 7) is 0.390. The van der Waals surface area contributed by atoms with Gasteiger partial charge in [0.15, 0.2) is 0 Å². The molecular formula is C18H14F6N2O3. The van der Waals surface area contributed by atoms with Gasteiger partial charge >= 0.3 is 12.5 Å². The minimum Gasteiger partial charge on any atom is -0.472 e. The lowest BCUT2D eigenvalue weighted by Crippen LogP contribution is -2.31. The molecule has 1 amide bonds. The molecule has 0 saturated carbocycles. The van der Waals surface area contributed by atoms with Crippen molar-refractivity contribution in [2.45, 2.75) is 25.1 Å². The van der Waals surface area contributed by atoms with Crippen molar-refractivity contribution in [3.05, 3.63) is 53.7 Å². The molecule has 0 aliphatic carbocycles. The Balaban J connectivity index is 1.60. The summed E-state index contributed by atoms with van der Waals surface area (Å²) in [5, 5.41) is 0. The largest absolute Gasteiger partial charge is 0.573 e. The maximum atomic E-state index is 12.7. The number of amides is 1. The lowest BCUT2D eigenvalue weighted by molar-refractivity contribution is -0.274. The van der Waals surface area contributed by atoms with Crippen LogP contribution in [0.1, 0.15) is 22.3 Å². The Morgan fingerprint density at radius 3 is 2.38 bits per heavy atom. The van der Waals surface area contributed by atoms with Crippen LogP contribution in [0.5, 0.6) is 11.6 Å². The molecule has 1 saturated heterocycles. The van der Waals surface area contributed by atoms with Crippen molar-refractivity contribution >= 4 is 5.91 Å². The smallest absolute Gasteiger partial charge is 0.472 e. The highest BCUT2D eigenvalue weighted by atomic mass is 19.4. The summed E-state index contributed by atoms with van der Waals surface area (Å²) in [7, 11) is 0. The minimum atomic E-state index is -4.83. The quantitative estimate of drug-likeness (QED) is 0.693. The van der Waals surface area contributed by atoms with E-state index >= 15 is 0 Å². The molecule has 0 unspecified atom stereocenters. The number of hydrogen-bond acceptors (Lipinski definition) is 4. The number of aromatic nitrogens is 1. The van der Waals surface area contributed by atoms with Crippen LogP contribution in [0.15, 0.2) is 42.6 Å². The standard InChI is InChI=1S/C18H14F6N2O3/c19-17(20,21)12-5-7-25-15(9-12)28-14-6-8-26(10-14)16(27)11-1-3-13(4-2-11)29-18(22,23)24/h1-5,7,9,14H,6,8,10H2/t14-/m0/s1. The highest BCUT2D eigenvalue weighted by molar-refractivity contribution is 5.94. The molecule has 1 aromatic heterocycles. The average Bonchev–Trinajstić information content (AvgIpc) is 3.08. The third-order valence-corrected chi connectivity index (χ3v) is 4.12. The molecule has 5 nitrogen and oxygen atoms in total. The fraction of sp³-hybridized carbons (Fsp3) is 0.333. The molecule has 29 heavy (non-hydrogen) atoms. The lowest BCUT2D eigenvalue weighted by atomic mass is 10.2. The first-order chi connectivity index (χ1) is 13.5. The summed E-state index contributed by atoms with van der Waals surface area (Å²) in [6, 6.07) is 6.06. The summed E-state index contributed by atoms with van der Waals surface area (Å²) >= 11 is 0. The second-order valence-corrected chi connectivity index (χ2v) is 6.23. The van der Waals surface area contributed by atoms with Gasteiger partial charge < -0.3 is 14.4 Å². The molecule has 2 aromatic rings. The molecule has 0 radical (unpaired) electrons.